The van der Waals surface area contributed by atoms with Crippen molar-refractivity contribution in [2.24, 2.45) is 0 Å². The molecule has 0 N–H and O–H groups in total. The fourth-order valence-corrected chi connectivity index (χ4v) is 4.42. The Morgan fingerprint density at radius 3 is 1.79 bits per heavy atom. The number of nitrogens with zero attached hydrogens (tertiary/aromatic N) is 2. The maximum absolute atomic E-state index is 11.9. The highest BCUT2D eigenvalue weighted by molar-refractivity contribution is 7.99. The van der Waals surface area contributed by atoms with E-state index in [0.29, 0.717) is 11.8 Å². The van der Waals surface area contributed by atoms with Gasteiger partial charge in [0.1, 0.15) is 12.1 Å². The summed E-state index contributed by atoms with van der Waals surface area (Å²) in [6.07, 6.45) is 0. The summed E-state index contributed by atoms with van der Waals surface area (Å²) in [5.74, 6) is 3.26. The molecule has 3 aliphatic rings. The first-order chi connectivity index (χ1) is 6.79. The van der Waals surface area contributed by atoms with E-state index in [1.165, 1.54) is 0 Å². The fraction of sp³-hybridized carbons (Fsp3) is 0.750. The number of carbonyl (C=O) groups excluding carboxylic acids is 2. The molecule has 0 aliphatic carbocycles. The van der Waals surface area contributed by atoms with E-state index in [0.717, 1.165) is 11.5 Å². The summed E-state index contributed by atoms with van der Waals surface area (Å²) < 4.78 is 0. The van der Waals surface area contributed by atoms with Gasteiger partial charge >= 0.3 is 0 Å². The van der Waals surface area contributed by atoms with E-state index >= 15 is 0 Å². The van der Waals surface area contributed by atoms with Crippen LogP contribution >= 0.6 is 23.5 Å². The Balaban J connectivity index is 1.96. The van der Waals surface area contributed by atoms with Crippen molar-refractivity contribution >= 4 is 35.3 Å². The Bertz CT molecular complexity index is 256. The fourth-order valence-electron chi connectivity index (χ4n) is 2.11. The summed E-state index contributed by atoms with van der Waals surface area (Å²) >= 11 is 3.35. The normalized spacial score (nSPS) is 36.3. The lowest BCUT2D eigenvalue weighted by Gasteiger charge is -2.37. The Morgan fingerprint density at radius 1 is 0.929 bits per heavy atom. The van der Waals surface area contributed by atoms with Crippen molar-refractivity contribution in [1.29, 1.82) is 0 Å². The Labute approximate surface area is 90.4 Å². The van der Waals surface area contributed by atoms with E-state index in [1.807, 2.05) is 0 Å². The molecule has 0 unspecified atom stereocenters. The van der Waals surface area contributed by atoms with E-state index in [2.05, 4.69) is 0 Å². The molecular weight excluding hydrogens is 220 g/mol. The minimum absolute atomic E-state index is 0.157. The predicted molar refractivity (Wildman–Crippen MR) is 55.9 cm³/mol. The first kappa shape index (κ1) is 8.91. The molecule has 0 spiro atoms. The zero-order valence-corrected chi connectivity index (χ0v) is 9.14. The standard InChI is InChI=1S/C8H10N2O2S2/c11-7-5-1-13-3-9(5)8(12)6-2-14-4-10(6)7/h5-6H,1-4H2/t5-,6-/m0/s1. The lowest BCUT2D eigenvalue weighted by atomic mass is 10.1. The van der Waals surface area contributed by atoms with Crippen LogP contribution in [0.1, 0.15) is 0 Å². The molecule has 6 heteroatoms. The van der Waals surface area contributed by atoms with Crippen LogP contribution in [0.15, 0.2) is 0 Å². The van der Waals surface area contributed by atoms with Crippen LogP contribution in [0.3, 0.4) is 0 Å². The van der Waals surface area contributed by atoms with Crippen molar-refractivity contribution < 1.29 is 9.59 Å². The third-order valence-electron chi connectivity index (χ3n) is 2.90. The summed E-state index contributed by atoms with van der Waals surface area (Å²) in [6, 6.07) is -0.329. The van der Waals surface area contributed by atoms with Gasteiger partial charge in [-0.25, -0.2) is 0 Å². The lowest BCUT2D eigenvalue weighted by molar-refractivity contribution is -0.155. The molecule has 3 heterocycles. The number of hydrogen-bond donors (Lipinski definition) is 0. The molecule has 14 heavy (non-hydrogen) atoms. The molecule has 0 aromatic heterocycles. The van der Waals surface area contributed by atoms with Crippen molar-refractivity contribution in [3.8, 4) is 0 Å². The molecule has 76 valence electrons. The topological polar surface area (TPSA) is 40.6 Å². The minimum Gasteiger partial charge on any atom is -0.319 e. The van der Waals surface area contributed by atoms with E-state index in [1.54, 1.807) is 33.3 Å². The monoisotopic (exact) mass is 230 g/mol. The van der Waals surface area contributed by atoms with Gasteiger partial charge in [-0.2, -0.15) is 0 Å². The average molecular weight is 230 g/mol. The first-order valence-corrected chi connectivity index (χ1v) is 6.86. The zero-order chi connectivity index (χ0) is 9.71. The molecule has 2 amide bonds. The number of amides is 2. The quantitative estimate of drug-likeness (QED) is 0.578. The predicted octanol–water partition coefficient (Wildman–Crippen LogP) is -0.197. The molecule has 0 bridgehead atoms. The third kappa shape index (κ3) is 1.04. The van der Waals surface area contributed by atoms with Crippen LogP contribution in [0.5, 0.6) is 0 Å². The second kappa shape index (κ2) is 3.06. The van der Waals surface area contributed by atoms with E-state index in [-0.39, 0.29) is 23.9 Å². The van der Waals surface area contributed by atoms with Gasteiger partial charge < -0.3 is 9.80 Å². The van der Waals surface area contributed by atoms with Crippen LogP contribution in [0, 0.1) is 0 Å². The summed E-state index contributed by atoms with van der Waals surface area (Å²) in [4.78, 5) is 27.4. The van der Waals surface area contributed by atoms with Crippen molar-refractivity contribution in [3.05, 3.63) is 0 Å². The van der Waals surface area contributed by atoms with Gasteiger partial charge in [0.05, 0.1) is 11.8 Å². The van der Waals surface area contributed by atoms with Gasteiger partial charge in [-0.3, -0.25) is 9.59 Å². The Morgan fingerprint density at radius 2 is 1.36 bits per heavy atom. The van der Waals surface area contributed by atoms with Gasteiger partial charge in [0, 0.05) is 11.5 Å². The Hall–Kier alpha value is -0.360. The molecule has 3 aliphatic heterocycles. The maximum atomic E-state index is 11.9. The van der Waals surface area contributed by atoms with E-state index < -0.39 is 0 Å². The minimum atomic E-state index is -0.164. The number of carbonyl (C=O) groups is 2. The largest absolute Gasteiger partial charge is 0.319 e. The van der Waals surface area contributed by atoms with Crippen LogP contribution in [0.4, 0.5) is 0 Å². The summed E-state index contributed by atoms with van der Waals surface area (Å²) in [5, 5.41) is 0. The van der Waals surface area contributed by atoms with Crippen LogP contribution in [-0.4, -0.2) is 57.0 Å². The highest BCUT2D eigenvalue weighted by Crippen LogP contribution is 2.33. The van der Waals surface area contributed by atoms with Crippen LogP contribution < -0.4 is 0 Å². The lowest BCUT2D eigenvalue weighted by Crippen LogP contribution is -2.61. The number of piperazine rings is 1. The van der Waals surface area contributed by atoms with Crippen molar-refractivity contribution in [3.63, 3.8) is 0 Å². The van der Waals surface area contributed by atoms with Gasteiger partial charge in [-0.1, -0.05) is 0 Å². The average Bonchev–Trinajstić information content (AvgIpc) is 2.82. The highest BCUT2D eigenvalue weighted by atomic mass is 32.2. The number of fused-ring (bicyclic) bond motifs is 2. The number of thioether (sulfide) groups is 2. The molecule has 4 nitrogen and oxygen atoms in total. The van der Waals surface area contributed by atoms with Gasteiger partial charge in [0.2, 0.25) is 11.8 Å². The molecular formula is C8H10N2O2S2. The summed E-state index contributed by atoms with van der Waals surface area (Å²) in [5.41, 5.74) is 0. The van der Waals surface area contributed by atoms with Gasteiger partial charge in [0.25, 0.3) is 0 Å². The Kier molecular flexibility index (Phi) is 1.95. The van der Waals surface area contributed by atoms with Crippen LogP contribution in [0.2, 0.25) is 0 Å². The molecule has 3 rings (SSSR count). The third-order valence-corrected chi connectivity index (χ3v) is 4.93. The second-order valence-corrected chi connectivity index (χ2v) is 5.65. The second-order valence-electron chi connectivity index (χ2n) is 3.65. The molecule has 0 aromatic rings. The maximum Gasteiger partial charge on any atom is 0.247 e. The molecule has 0 saturated carbocycles. The van der Waals surface area contributed by atoms with Gasteiger partial charge in [0.15, 0.2) is 0 Å². The zero-order valence-electron chi connectivity index (χ0n) is 7.51. The molecule has 0 aromatic carbocycles. The smallest absolute Gasteiger partial charge is 0.247 e. The molecule has 2 atom stereocenters. The molecule has 0 radical (unpaired) electrons. The molecule has 3 saturated heterocycles. The number of hydrogen-bond acceptors (Lipinski definition) is 4. The van der Waals surface area contributed by atoms with Gasteiger partial charge in [-0.15, -0.1) is 23.5 Å². The number of rotatable bonds is 0. The SMILES string of the molecule is O=C1[C@@H]2CSCN2C(=O)[C@@H]2CSCN12. The van der Waals surface area contributed by atoms with E-state index in [4.69, 9.17) is 0 Å². The molecule has 3 fully saturated rings. The van der Waals surface area contributed by atoms with Gasteiger partial charge in [-0.05, 0) is 0 Å². The summed E-state index contributed by atoms with van der Waals surface area (Å²) in [7, 11) is 0. The van der Waals surface area contributed by atoms with Crippen LogP contribution in [0.25, 0.3) is 0 Å². The van der Waals surface area contributed by atoms with Crippen molar-refractivity contribution in [2.45, 2.75) is 12.1 Å². The first-order valence-electron chi connectivity index (χ1n) is 4.55. The highest BCUT2D eigenvalue weighted by Gasteiger charge is 2.49. The summed E-state index contributed by atoms with van der Waals surface area (Å²) in [6.45, 7) is 0. The van der Waals surface area contributed by atoms with Crippen molar-refractivity contribution in [2.75, 3.05) is 23.3 Å². The van der Waals surface area contributed by atoms with Crippen molar-refractivity contribution in [1.82, 2.24) is 9.80 Å². The van der Waals surface area contributed by atoms with Crippen LogP contribution in [-0.2, 0) is 9.59 Å². The van der Waals surface area contributed by atoms with E-state index in [9.17, 15) is 9.59 Å².